The van der Waals surface area contributed by atoms with Crippen molar-refractivity contribution in [2.75, 3.05) is 5.43 Å². The molecule has 22 heavy (non-hydrogen) atoms. The van der Waals surface area contributed by atoms with Gasteiger partial charge >= 0.3 is 0 Å². The fourth-order valence-electron chi connectivity index (χ4n) is 2.17. The van der Waals surface area contributed by atoms with Gasteiger partial charge in [-0.2, -0.15) is 5.10 Å². The molecule has 110 valence electrons. The molecular formula is C17H16N4O. The Labute approximate surface area is 128 Å². The van der Waals surface area contributed by atoms with Gasteiger partial charge in [0.25, 0.3) is 0 Å². The van der Waals surface area contributed by atoms with Crippen LogP contribution in [0.2, 0.25) is 0 Å². The maximum absolute atomic E-state index is 9.84. The van der Waals surface area contributed by atoms with Crippen LogP contribution >= 0.6 is 0 Å². The van der Waals surface area contributed by atoms with E-state index in [-0.39, 0.29) is 5.75 Å². The summed E-state index contributed by atoms with van der Waals surface area (Å²) in [4.78, 5) is 9.02. The van der Waals surface area contributed by atoms with Crippen molar-refractivity contribution in [3.63, 3.8) is 0 Å². The summed E-state index contributed by atoms with van der Waals surface area (Å²) in [6, 6.07) is 14.8. The van der Waals surface area contributed by atoms with E-state index in [9.17, 15) is 5.11 Å². The van der Waals surface area contributed by atoms with Crippen LogP contribution in [0.25, 0.3) is 11.0 Å². The van der Waals surface area contributed by atoms with E-state index in [2.05, 4.69) is 20.5 Å². The molecule has 3 rings (SSSR count). The molecule has 2 aromatic carbocycles. The number of nitrogens with one attached hydrogen (secondary N) is 1. The van der Waals surface area contributed by atoms with Crippen LogP contribution in [0.15, 0.2) is 53.6 Å². The zero-order valence-electron chi connectivity index (χ0n) is 12.4. The minimum atomic E-state index is 0.201. The number of hydrogen-bond donors (Lipinski definition) is 2. The third-order valence-corrected chi connectivity index (χ3v) is 3.37. The van der Waals surface area contributed by atoms with Crippen LogP contribution in [-0.4, -0.2) is 20.8 Å². The lowest BCUT2D eigenvalue weighted by Crippen LogP contribution is -2.03. The van der Waals surface area contributed by atoms with Crippen molar-refractivity contribution in [2.24, 2.45) is 5.10 Å². The molecule has 0 aliphatic carbocycles. The first-order valence-electron chi connectivity index (χ1n) is 6.97. The van der Waals surface area contributed by atoms with Crippen LogP contribution in [-0.2, 0) is 0 Å². The highest BCUT2D eigenvalue weighted by Crippen LogP contribution is 2.18. The molecule has 0 radical (unpaired) electrons. The van der Waals surface area contributed by atoms with Crippen molar-refractivity contribution in [1.82, 2.24) is 9.97 Å². The van der Waals surface area contributed by atoms with Gasteiger partial charge in [0.2, 0.25) is 0 Å². The van der Waals surface area contributed by atoms with Gasteiger partial charge in [-0.1, -0.05) is 24.3 Å². The summed E-state index contributed by atoms with van der Waals surface area (Å²) < 4.78 is 0. The molecule has 0 saturated heterocycles. The maximum atomic E-state index is 9.84. The van der Waals surface area contributed by atoms with Gasteiger partial charge in [-0.25, -0.2) is 9.97 Å². The number of fused-ring (bicyclic) bond motifs is 1. The number of aromatic hydroxyl groups is 1. The number of phenols is 1. The van der Waals surface area contributed by atoms with Crippen LogP contribution in [0, 0.1) is 6.92 Å². The number of aryl methyl sites for hydroxylation is 1. The largest absolute Gasteiger partial charge is 0.507 e. The quantitative estimate of drug-likeness (QED) is 0.572. The Kier molecular flexibility index (Phi) is 3.70. The van der Waals surface area contributed by atoms with Gasteiger partial charge in [0.05, 0.1) is 22.4 Å². The topological polar surface area (TPSA) is 70.4 Å². The standard InChI is InChI=1S/C17H16N4O/c1-11(13-7-3-6-10-16(13)22)20-21-17-12(2)18-14-8-4-5-9-15(14)19-17/h3-10,22H,1-2H3,(H,19,21). The van der Waals surface area contributed by atoms with Crippen molar-refractivity contribution < 1.29 is 5.11 Å². The molecule has 5 heteroatoms. The number of nitrogens with zero attached hydrogens (tertiary/aromatic N) is 3. The smallest absolute Gasteiger partial charge is 0.168 e. The van der Waals surface area contributed by atoms with Crippen LogP contribution < -0.4 is 5.43 Å². The fraction of sp³-hybridized carbons (Fsp3) is 0.118. The van der Waals surface area contributed by atoms with E-state index in [1.807, 2.05) is 50.2 Å². The summed E-state index contributed by atoms with van der Waals surface area (Å²) in [6.07, 6.45) is 0. The van der Waals surface area contributed by atoms with Crippen LogP contribution in [0.5, 0.6) is 5.75 Å². The Bertz CT molecular complexity index is 858. The van der Waals surface area contributed by atoms with E-state index in [0.29, 0.717) is 17.1 Å². The maximum Gasteiger partial charge on any atom is 0.168 e. The molecule has 0 saturated carbocycles. The first-order chi connectivity index (χ1) is 10.6. The Morgan fingerprint density at radius 1 is 1.00 bits per heavy atom. The molecule has 0 bridgehead atoms. The Balaban J connectivity index is 1.91. The number of phenolic OH excluding ortho intramolecular Hbond substituents is 1. The second-order valence-electron chi connectivity index (χ2n) is 4.97. The molecule has 2 N–H and O–H groups in total. The number of hydrazone groups is 1. The Morgan fingerprint density at radius 3 is 2.36 bits per heavy atom. The van der Waals surface area contributed by atoms with E-state index in [1.54, 1.807) is 12.1 Å². The van der Waals surface area contributed by atoms with Gasteiger partial charge in [-0.05, 0) is 38.1 Å². The van der Waals surface area contributed by atoms with Crippen molar-refractivity contribution in [2.45, 2.75) is 13.8 Å². The number of rotatable bonds is 3. The third kappa shape index (κ3) is 2.74. The van der Waals surface area contributed by atoms with Gasteiger partial charge < -0.3 is 5.11 Å². The van der Waals surface area contributed by atoms with Gasteiger partial charge in [0.1, 0.15) is 5.75 Å². The Morgan fingerprint density at radius 2 is 1.64 bits per heavy atom. The highest BCUT2D eigenvalue weighted by Gasteiger charge is 2.06. The summed E-state index contributed by atoms with van der Waals surface area (Å²) in [5, 5.41) is 14.1. The average Bonchev–Trinajstić information content (AvgIpc) is 2.53. The molecule has 0 unspecified atom stereocenters. The average molecular weight is 292 g/mol. The van der Waals surface area contributed by atoms with Gasteiger partial charge in [0.15, 0.2) is 5.82 Å². The first kappa shape index (κ1) is 14.0. The lowest BCUT2D eigenvalue weighted by Gasteiger charge is -2.07. The van der Waals surface area contributed by atoms with Crippen molar-refractivity contribution in [1.29, 1.82) is 0 Å². The second-order valence-corrected chi connectivity index (χ2v) is 4.97. The number of anilines is 1. The van der Waals surface area contributed by atoms with E-state index in [4.69, 9.17) is 0 Å². The van der Waals surface area contributed by atoms with Crippen LogP contribution in [0.4, 0.5) is 5.82 Å². The minimum Gasteiger partial charge on any atom is -0.507 e. The lowest BCUT2D eigenvalue weighted by atomic mass is 10.1. The lowest BCUT2D eigenvalue weighted by molar-refractivity contribution is 0.474. The van der Waals surface area contributed by atoms with E-state index < -0.39 is 0 Å². The van der Waals surface area contributed by atoms with Gasteiger partial charge in [0, 0.05) is 5.56 Å². The normalized spacial score (nSPS) is 11.6. The molecule has 3 aromatic rings. The van der Waals surface area contributed by atoms with Crippen molar-refractivity contribution in [3.05, 3.63) is 59.8 Å². The number of para-hydroxylation sites is 3. The van der Waals surface area contributed by atoms with E-state index >= 15 is 0 Å². The molecule has 1 aromatic heterocycles. The molecule has 5 nitrogen and oxygen atoms in total. The predicted octanol–water partition coefficient (Wildman–Crippen LogP) is 3.48. The highest BCUT2D eigenvalue weighted by atomic mass is 16.3. The number of aromatic nitrogens is 2. The zero-order valence-corrected chi connectivity index (χ0v) is 12.4. The minimum absolute atomic E-state index is 0.201. The first-order valence-corrected chi connectivity index (χ1v) is 6.97. The summed E-state index contributed by atoms with van der Waals surface area (Å²) in [6.45, 7) is 3.71. The zero-order chi connectivity index (χ0) is 15.5. The second kappa shape index (κ2) is 5.81. The van der Waals surface area contributed by atoms with E-state index in [1.165, 1.54) is 0 Å². The summed E-state index contributed by atoms with van der Waals surface area (Å²) in [5.74, 6) is 0.806. The molecule has 0 aliphatic rings. The van der Waals surface area contributed by atoms with Crippen LogP contribution in [0.3, 0.4) is 0 Å². The number of hydrogen-bond acceptors (Lipinski definition) is 5. The number of benzene rings is 2. The summed E-state index contributed by atoms with van der Waals surface area (Å²) in [7, 11) is 0. The SMILES string of the molecule is CC(=NNc1nc2ccccc2nc1C)c1ccccc1O. The molecular weight excluding hydrogens is 276 g/mol. The predicted molar refractivity (Wildman–Crippen MR) is 88.2 cm³/mol. The fourth-order valence-corrected chi connectivity index (χ4v) is 2.17. The molecule has 0 spiro atoms. The summed E-state index contributed by atoms with van der Waals surface area (Å²) in [5.41, 5.74) is 6.72. The monoisotopic (exact) mass is 292 g/mol. The molecule has 0 atom stereocenters. The molecule has 0 aliphatic heterocycles. The molecule has 0 amide bonds. The summed E-state index contributed by atoms with van der Waals surface area (Å²) >= 11 is 0. The van der Waals surface area contributed by atoms with Gasteiger partial charge in [-0.15, -0.1) is 0 Å². The van der Waals surface area contributed by atoms with E-state index in [0.717, 1.165) is 16.7 Å². The Hall–Kier alpha value is -2.95. The molecule has 1 heterocycles. The van der Waals surface area contributed by atoms with Crippen molar-refractivity contribution in [3.8, 4) is 5.75 Å². The van der Waals surface area contributed by atoms with Gasteiger partial charge in [-0.3, -0.25) is 5.43 Å². The van der Waals surface area contributed by atoms with Crippen LogP contribution in [0.1, 0.15) is 18.2 Å². The van der Waals surface area contributed by atoms with Crippen molar-refractivity contribution >= 4 is 22.6 Å². The molecule has 0 fully saturated rings. The third-order valence-electron chi connectivity index (χ3n) is 3.37. The highest BCUT2D eigenvalue weighted by molar-refractivity contribution is 6.01.